The first kappa shape index (κ1) is 18.5. The van der Waals surface area contributed by atoms with Crippen LogP contribution in [0.2, 0.25) is 0 Å². The van der Waals surface area contributed by atoms with Crippen molar-refractivity contribution in [2.24, 2.45) is 0 Å². The number of carbonyl (C=O) groups is 1. The zero-order valence-electron chi connectivity index (χ0n) is 13.6. The fraction of sp³-hybridized carbons (Fsp3) is 0.235. The monoisotopic (exact) mass is 364 g/mol. The number of benzene rings is 2. The summed E-state index contributed by atoms with van der Waals surface area (Å²) in [7, 11) is -0.487. The lowest BCUT2D eigenvalue weighted by Crippen LogP contribution is -2.22. The van der Waals surface area contributed by atoms with Gasteiger partial charge < -0.3 is 5.32 Å². The van der Waals surface area contributed by atoms with Gasteiger partial charge in [-0.2, -0.15) is 0 Å². The summed E-state index contributed by atoms with van der Waals surface area (Å²) in [6.45, 7) is 0. The van der Waals surface area contributed by atoms with E-state index in [0.29, 0.717) is 17.9 Å². The Morgan fingerprint density at radius 2 is 1.67 bits per heavy atom. The molecule has 2 rings (SSSR count). The van der Waals surface area contributed by atoms with Gasteiger partial charge in [-0.25, -0.2) is 12.7 Å². The normalized spacial score (nSPS) is 11.5. The number of anilines is 1. The van der Waals surface area contributed by atoms with Crippen molar-refractivity contribution in [2.45, 2.75) is 16.2 Å². The average Bonchev–Trinajstić information content (AvgIpc) is 2.56. The molecule has 1 amide bonds. The van der Waals surface area contributed by atoms with Gasteiger partial charge in [0.1, 0.15) is 0 Å². The van der Waals surface area contributed by atoms with Gasteiger partial charge in [-0.15, -0.1) is 11.8 Å². The molecule has 2 aromatic carbocycles. The summed E-state index contributed by atoms with van der Waals surface area (Å²) in [6, 6.07) is 16.1. The van der Waals surface area contributed by atoms with Crippen molar-refractivity contribution in [1.29, 1.82) is 0 Å². The van der Waals surface area contributed by atoms with E-state index in [-0.39, 0.29) is 10.8 Å². The molecular formula is C17H20N2O3S2. The van der Waals surface area contributed by atoms with Crippen molar-refractivity contribution in [3.05, 3.63) is 54.6 Å². The number of nitrogens with zero attached hydrogens (tertiary/aromatic N) is 1. The van der Waals surface area contributed by atoms with Gasteiger partial charge in [0.25, 0.3) is 0 Å². The average molecular weight is 364 g/mol. The van der Waals surface area contributed by atoms with E-state index in [1.165, 1.54) is 26.2 Å². The zero-order chi connectivity index (χ0) is 17.6. The lowest BCUT2D eigenvalue weighted by Gasteiger charge is -2.12. The van der Waals surface area contributed by atoms with E-state index in [2.05, 4.69) is 5.32 Å². The maximum Gasteiger partial charge on any atom is 0.242 e. The van der Waals surface area contributed by atoms with Crippen LogP contribution in [0, 0.1) is 0 Å². The Balaban J connectivity index is 1.86. The van der Waals surface area contributed by atoms with Crippen molar-refractivity contribution in [3.8, 4) is 0 Å². The first-order valence-electron chi connectivity index (χ1n) is 7.40. The SMILES string of the molecule is CN(C)S(=O)(=O)c1ccc(NC(=O)CCSc2ccccc2)cc1. The standard InChI is InChI=1S/C17H20N2O3S2/c1-19(2)24(21,22)16-10-8-14(9-11-16)18-17(20)12-13-23-15-6-4-3-5-7-15/h3-11H,12-13H2,1-2H3,(H,18,20). The molecule has 0 spiro atoms. The topological polar surface area (TPSA) is 66.5 Å². The largest absolute Gasteiger partial charge is 0.326 e. The van der Waals surface area contributed by atoms with Crippen LogP contribution in [0.4, 0.5) is 5.69 Å². The Bertz CT molecular complexity index is 773. The van der Waals surface area contributed by atoms with Crippen LogP contribution < -0.4 is 5.32 Å². The number of nitrogens with one attached hydrogen (secondary N) is 1. The third-order valence-corrected chi connectivity index (χ3v) is 6.10. The summed E-state index contributed by atoms with van der Waals surface area (Å²) < 4.78 is 25.1. The minimum absolute atomic E-state index is 0.0957. The molecule has 0 aliphatic rings. The number of hydrogen-bond acceptors (Lipinski definition) is 4. The third kappa shape index (κ3) is 5.09. The molecule has 0 saturated heterocycles. The van der Waals surface area contributed by atoms with Crippen LogP contribution in [0.3, 0.4) is 0 Å². The van der Waals surface area contributed by atoms with E-state index >= 15 is 0 Å². The van der Waals surface area contributed by atoms with Crippen LogP contribution in [-0.2, 0) is 14.8 Å². The Morgan fingerprint density at radius 3 is 2.25 bits per heavy atom. The fourth-order valence-electron chi connectivity index (χ4n) is 1.92. The number of amides is 1. The van der Waals surface area contributed by atoms with Crippen molar-refractivity contribution >= 4 is 33.4 Å². The number of thioether (sulfide) groups is 1. The predicted molar refractivity (Wildman–Crippen MR) is 97.7 cm³/mol. The van der Waals surface area contributed by atoms with Gasteiger partial charge in [0.15, 0.2) is 0 Å². The fourth-order valence-corrected chi connectivity index (χ4v) is 3.70. The molecule has 0 heterocycles. The highest BCUT2D eigenvalue weighted by atomic mass is 32.2. The van der Waals surface area contributed by atoms with Crippen LogP contribution in [0.25, 0.3) is 0 Å². The molecule has 24 heavy (non-hydrogen) atoms. The third-order valence-electron chi connectivity index (χ3n) is 3.26. The Morgan fingerprint density at radius 1 is 1.04 bits per heavy atom. The van der Waals surface area contributed by atoms with Gasteiger partial charge in [-0.05, 0) is 36.4 Å². The van der Waals surface area contributed by atoms with Gasteiger partial charge in [0, 0.05) is 36.9 Å². The first-order chi connectivity index (χ1) is 11.4. The molecule has 0 aliphatic heterocycles. The molecule has 0 unspecified atom stereocenters. The van der Waals surface area contributed by atoms with E-state index < -0.39 is 10.0 Å². The summed E-state index contributed by atoms with van der Waals surface area (Å²) in [5.74, 6) is 0.588. The Kier molecular flexibility index (Phi) is 6.42. The lowest BCUT2D eigenvalue weighted by molar-refractivity contribution is -0.115. The molecule has 0 radical (unpaired) electrons. The summed E-state index contributed by atoms with van der Waals surface area (Å²) >= 11 is 1.62. The zero-order valence-corrected chi connectivity index (χ0v) is 15.2. The lowest BCUT2D eigenvalue weighted by atomic mass is 10.3. The Hall–Kier alpha value is -1.83. The van der Waals surface area contributed by atoms with Crippen molar-refractivity contribution in [1.82, 2.24) is 4.31 Å². The first-order valence-corrected chi connectivity index (χ1v) is 9.82. The van der Waals surface area contributed by atoms with Crippen LogP contribution >= 0.6 is 11.8 Å². The van der Waals surface area contributed by atoms with Gasteiger partial charge in [0.05, 0.1) is 4.90 Å². The van der Waals surface area contributed by atoms with Crippen molar-refractivity contribution in [2.75, 3.05) is 25.2 Å². The highest BCUT2D eigenvalue weighted by Gasteiger charge is 2.16. The second-order valence-electron chi connectivity index (χ2n) is 5.27. The van der Waals surface area contributed by atoms with E-state index in [9.17, 15) is 13.2 Å². The summed E-state index contributed by atoms with van der Waals surface area (Å²) in [4.78, 5) is 13.3. The number of carbonyl (C=O) groups excluding carboxylic acids is 1. The van der Waals surface area contributed by atoms with Crippen LogP contribution in [0.1, 0.15) is 6.42 Å². The highest BCUT2D eigenvalue weighted by Crippen LogP contribution is 2.19. The van der Waals surface area contributed by atoms with Crippen molar-refractivity contribution < 1.29 is 13.2 Å². The van der Waals surface area contributed by atoms with E-state index in [1.54, 1.807) is 23.9 Å². The van der Waals surface area contributed by atoms with Gasteiger partial charge >= 0.3 is 0 Å². The molecule has 128 valence electrons. The number of hydrogen-bond donors (Lipinski definition) is 1. The molecule has 0 atom stereocenters. The molecule has 0 bridgehead atoms. The highest BCUT2D eigenvalue weighted by molar-refractivity contribution is 7.99. The van der Waals surface area contributed by atoms with Crippen molar-refractivity contribution in [3.63, 3.8) is 0 Å². The maximum absolute atomic E-state index is 12.0. The molecule has 5 nitrogen and oxygen atoms in total. The summed E-state index contributed by atoms with van der Waals surface area (Å²) in [5, 5.41) is 2.78. The van der Waals surface area contributed by atoms with E-state index in [1.807, 2.05) is 30.3 Å². The maximum atomic E-state index is 12.0. The second-order valence-corrected chi connectivity index (χ2v) is 8.59. The molecule has 0 fully saturated rings. The quantitative estimate of drug-likeness (QED) is 0.767. The molecule has 0 aromatic heterocycles. The van der Waals surface area contributed by atoms with E-state index in [0.717, 1.165) is 9.20 Å². The molecule has 2 aromatic rings. The molecule has 0 aliphatic carbocycles. The minimum atomic E-state index is -3.45. The second kappa shape index (κ2) is 8.32. The molecule has 0 saturated carbocycles. The van der Waals surface area contributed by atoms with Crippen LogP contribution in [-0.4, -0.2) is 38.5 Å². The van der Waals surface area contributed by atoms with Gasteiger partial charge in [-0.3, -0.25) is 4.79 Å². The Labute approximate surface area is 147 Å². The summed E-state index contributed by atoms with van der Waals surface area (Å²) in [6.07, 6.45) is 0.386. The van der Waals surface area contributed by atoms with Gasteiger partial charge in [0.2, 0.25) is 15.9 Å². The number of rotatable bonds is 7. The van der Waals surface area contributed by atoms with Crippen LogP contribution in [0.5, 0.6) is 0 Å². The summed E-state index contributed by atoms with van der Waals surface area (Å²) in [5.41, 5.74) is 0.586. The minimum Gasteiger partial charge on any atom is -0.326 e. The predicted octanol–water partition coefficient (Wildman–Crippen LogP) is 3.06. The van der Waals surface area contributed by atoms with Gasteiger partial charge in [-0.1, -0.05) is 18.2 Å². The molecular weight excluding hydrogens is 344 g/mol. The van der Waals surface area contributed by atoms with E-state index in [4.69, 9.17) is 0 Å². The molecule has 7 heteroatoms. The number of sulfonamides is 1. The molecule has 1 N–H and O–H groups in total. The smallest absolute Gasteiger partial charge is 0.242 e. The van der Waals surface area contributed by atoms with Crippen LogP contribution in [0.15, 0.2) is 64.4 Å².